The van der Waals surface area contributed by atoms with Crippen molar-refractivity contribution >= 4 is 17.9 Å². The Hall–Kier alpha value is -2.12. The summed E-state index contributed by atoms with van der Waals surface area (Å²) in [5.74, 6) is -0.344. The molecule has 1 spiro atoms. The van der Waals surface area contributed by atoms with E-state index in [1.54, 1.807) is 6.21 Å². The number of carbonyl (C=O) groups excluding carboxylic acids is 1. The highest BCUT2D eigenvalue weighted by molar-refractivity contribution is 5.82. The predicted octanol–water partition coefficient (Wildman–Crippen LogP) is 1.03. The number of piperidine rings is 1. The first kappa shape index (κ1) is 14.8. The van der Waals surface area contributed by atoms with Crippen LogP contribution in [0.1, 0.15) is 18.4 Å². The Labute approximate surface area is 129 Å². The summed E-state index contributed by atoms with van der Waals surface area (Å²) in [6.45, 7) is 3.23. The van der Waals surface area contributed by atoms with E-state index in [2.05, 4.69) is 15.4 Å². The summed E-state index contributed by atoms with van der Waals surface area (Å²) in [4.78, 5) is 12.8. The number of amides is 2. The summed E-state index contributed by atoms with van der Waals surface area (Å²) in [6.07, 6.45) is 3.33. The molecule has 0 aliphatic carbocycles. The molecule has 3 N–H and O–H groups in total. The standard InChI is InChI=1S/C15H20N4O3/c16-14(20)18-17-11-12-1-3-13(4-2-12)19-7-5-15(6-8-19)21-9-10-22-15/h1-4,11H,5-10H2,(H3,16,18,20). The number of benzene rings is 1. The lowest BCUT2D eigenvalue weighted by Gasteiger charge is -2.38. The van der Waals surface area contributed by atoms with Crippen molar-refractivity contribution in [2.24, 2.45) is 10.8 Å². The number of hydrogen-bond acceptors (Lipinski definition) is 5. The van der Waals surface area contributed by atoms with Gasteiger partial charge in [-0.25, -0.2) is 10.2 Å². The highest BCUT2D eigenvalue weighted by atomic mass is 16.7. The summed E-state index contributed by atoms with van der Waals surface area (Å²) >= 11 is 0. The molecule has 2 heterocycles. The topological polar surface area (TPSA) is 89.2 Å². The van der Waals surface area contributed by atoms with Gasteiger partial charge in [-0.1, -0.05) is 12.1 Å². The largest absolute Gasteiger partial charge is 0.371 e. The van der Waals surface area contributed by atoms with Gasteiger partial charge in [0.15, 0.2) is 5.79 Å². The van der Waals surface area contributed by atoms with E-state index in [4.69, 9.17) is 15.2 Å². The van der Waals surface area contributed by atoms with Crippen molar-refractivity contribution in [3.05, 3.63) is 29.8 Å². The van der Waals surface area contributed by atoms with Crippen LogP contribution in [-0.2, 0) is 9.47 Å². The molecular weight excluding hydrogens is 284 g/mol. The number of primary amides is 1. The zero-order valence-electron chi connectivity index (χ0n) is 12.3. The molecule has 2 amide bonds. The maximum absolute atomic E-state index is 10.5. The van der Waals surface area contributed by atoms with Crippen LogP contribution in [0.2, 0.25) is 0 Å². The third kappa shape index (κ3) is 3.37. The number of nitrogens with zero attached hydrogens (tertiary/aromatic N) is 2. The summed E-state index contributed by atoms with van der Waals surface area (Å²) in [5.41, 5.74) is 9.16. The Kier molecular flexibility index (Phi) is 4.26. The fourth-order valence-corrected chi connectivity index (χ4v) is 2.83. The minimum absolute atomic E-state index is 0.344. The molecule has 0 saturated carbocycles. The molecule has 1 aromatic carbocycles. The molecule has 2 aliphatic rings. The van der Waals surface area contributed by atoms with E-state index in [-0.39, 0.29) is 5.79 Å². The first-order chi connectivity index (χ1) is 10.7. The lowest BCUT2D eigenvalue weighted by Crippen LogP contribution is -2.45. The van der Waals surface area contributed by atoms with Crippen LogP contribution in [0.25, 0.3) is 0 Å². The molecule has 7 heteroatoms. The number of nitrogens with two attached hydrogens (primary N) is 1. The van der Waals surface area contributed by atoms with E-state index in [0.29, 0.717) is 13.2 Å². The van der Waals surface area contributed by atoms with Crippen molar-refractivity contribution < 1.29 is 14.3 Å². The molecule has 2 aliphatic heterocycles. The third-order valence-electron chi connectivity index (χ3n) is 3.99. The fraction of sp³-hybridized carbons (Fsp3) is 0.467. The van der Waals surface area contributed by atoms with Crippen molar-refractivity contribution in [1.82, 2.24) is 5.43 Å². The second-order valence-electron chi connectivity index (χ2n) is 5.42. The number of anilines is 1. The number of carbonyl (C=O) groups is 1. The molecule has 2 saturated heterocycles. The van der Waals surface area contributed by atoms with Gasteiger partial charge in [-0.05, 0) is 17.7 Å². The molecule has 22 heavy (non-hydrogen) atoms. The Morgan fingerprint density at radius 2 is 1.86 bits per heavy atom. The van der Waals surface area contributed by atoms with Gasteiger partial charge in [0.25, 0.3) is 0 Å². The second-order valence-corrected chi connectivity index (χ2v) is 5.42. The number of hydrogen-bond donors (Lipinski definition) is 2. The lowest BCUT2D eigenvalue weighted by atomic mass is 10.0. The van der Waals surface area contributed by atoms with Crippen LogP contribution in [0.5, 0.6) is 0 Å². The molecule has 0 bridgehead atoms. The van der Waals surface area contributed by atoms with Gasteiger partial charge < -0.3 is 20.1 Å². The van der Waals surface area contributed by atoms with Crippen LogP contribution in [0, 0.1) is 0 Å². The van der Waals surface area contributed by atoms with Crippen LogP contribution in [-0.4, -0.2) is 44.3 Å². The Morgan fingerprint density at radius 1 is 1.23 bits per heavy atom. The molecule has 118 valence electrons. The number of hydrazone groups is 1. The smallest absolute Gasteiger partial charge is 0.332 e. The summed E-state index contributed by atoms with van der Waals surface area (Å²) in [7, 11) is 0. The SMILES string of the molecule is NC(=O)NN=Cc1ccc(N2CCC3(CC2)OCCO3)cc1. The molecule has 0 aromatic heterocycles. The molecule has 1 aromatic rings. The van der Waals surface area contributed by atoms with Gasteiger partial charge in [0.1, 0.15) is 0 Å². The van der Waals surface area contributed by atoms with Crippen LogP contribution in [0.3, 0.4) is 0 Å². The molecule has 0 atom stereocenters. The normalized spacial score (nSPS) is 20.6. The van der Waals surface area contributed by atoms with E-state index < -0.39 is 6.03 Å². The Morgan fingerprint density at radius 3 is 2.45 bits per heavy atom. The van der Waals surface area contributed by atoms with Gasteiger partial charge in [-0.2, -0.15) is 5.10 Å². The van der Waals surface area contributed by atoms with Gasteiger partial charge in [-0.15, -0.1) is 0 Å². The fourth-order valence-electron chi connectivity index (χ4n) is 2.83. The van der Waals surface area contributed by atoms with Crippen molar-refractivity contribution in [3.8, 4) is 0 Å². The summed E-state index contributed by atoms with van der Waals surface area (Å²) in [5, 5.41) is 3.74. The summed E-state index contributed by atoms with van der Waals surface area (Å²) < 4.78 is 11.5. The zero-order valence-corrected chi connectivity index (χ0v) is 12.3. The zero-order chi connectivity index (χ0) is 15.4. The first-order valence-electron chi connectivity index (χ1n) is 7.38. The number of ether oxygens (including phenoxy) is 2. The van der Waals surface area contributed by atoms with Crippen molar-refractivity contribution in [3.63, 3.8) is 0 Å². The van der Waals surface area contributed by atoms with Gasteiger partial charge in [-0.3, -0.25) is 0 Å². The monoisotopic (exact) mass is 304 g/mol. The molecular formula is C15H20N4O3. The highest BCUT2D eigenvalue weighted by Gasteiger charge is 2.39. The predicted molar refractivity (Wildman–Crippen MR) is 82.8 cm³/mol. The molecule has 7 nitrogen and oxygen atoms in total. The van der Waals surface area contributed by atoms with E-state index in [1.165, 1.54) is 0 Å². The van der Waals surface area contributed by atoms with Crippen molar-refractivity contribution in [2.45, 2.75) is 18.6 Å². The van der Waals surface area contributed by atoms with Crippen molar-refractivity contribution in [1.29, 1.82) is 0 Å². The number of rotatable bonds is 3. The molecule has 2 fully saturated rings. The number of nitrogens with one attached hydrogen (secondary N) is 1. The Balaban J connectivity index is 1.57. The first-order valence-corrected chi connectivity index (χ1v) is 7.38. The molecule has 3 rings (SSSR count). The maximum Gasteiger partial charge on any atom is 0.332 e. The van der Waals surface area contributed by atoms with E-state index in [1.807, 2.05) is 24.3 Å². The van der Waals surface area contributed by atoms with Crippen LogP contribution >= 0.6 is 0 Å². The Bertz CT molecular complexity index is 542. The highest BCUT2D eigenvalue weighted by Crippen LogP contribution is 2.33. The summed E-state index contributed by atoms with van der Waals surface area (Å²) in [6, 6.07) is 7.31. The quantitative estimate of drug-likeness (QED) is 0.645. The van der Waals surface area contributed by atoms with Gasteiger partial charge >= 0.3 is 6.03 Å². The van der Waals surface area contributed by atoms with Crippen molar-refractivity contribution in [2.75, 3.05) is 31.2 Å². The molecule has 0 radical (unpaired) electrons. The van der Waals surface area contributed by atoms with E-state index >= 15 is 0 Å². The average Bonchev–Trinajstić information content (AvgIpc) is 2.97. The second kappa shape index (κ2) is 6.33. The average molecular weight is 304 g/mol. The minimum Gasteiger partial charge on any atom is -0.371 e. The van der Waals surface area contributed by atoms with Gasteiger partial charge in [0, 0.05) is 31.6 Å². The van der Waals surface area contributed by atoms with E-state index in [9.17, 15) is 4.79 Å². The third-order valence-corrected chi connectivity index (χ3v) is 3.99. The van der Waals surface area contributed by atoms with Crippen LogP contribution in [0.4, 0.5) is 10.5 Å². The van der Waals surface area contributed by atoms with Crippen LogP contribution in [0.15, 0.2) is 29.4 Å². The lowest BCUT2D eigenvalue weighted by molar-refractivity contribution is -0.169. The van der Waals surface area contributed by atoms with Gasteiger partial charge in [0.2, 0.25) is 0 Å². The van der Waals surface area contributed by atoms with Crippen LogP contribution < -0.4 is 16.1 Å². The number of urea groups is 1. The van der Waals surface area contributed by atoms with E-state index in [0.717, 1.165) is 37.2 Å². The minimum atomic E-state index is -0.675. The van der Waals surface area contributed by atoms with Gasteiger partial charge in [0.05, 0.1) is 19.4 Å². The maximum atomic E-state index is 10.5. The molecule has 0 unspecified atom stereocenters.